The summed E-state index contributed by atoms with van der Waals surface area (Å²) in [4.78, 5) is 12.0. The van der Waals surface area contributed by atoms with Crippen LogP contribution in [0.1, 0.15) is 73.5 Å². The van der Waals surface area contributed by atoms with Crippen molar-refractivity contribution in [3.63, 3.8) is 0 Å². The number of carbonyl (C=O) groups is 1. The first-order valence-electron chi connectivity index (χ1n) is 8.47. The Labute approximate surface area is 137 Å². The van der Waals surface area contributed by atoms with E-state index >= 15 is 0 Å². The monoisotopic (exact) mass is 318 g/mol. The van der Waals surface area contributed by atoms with Gasteiger partial charge in [0.1, 0.15) is 4.88 Å². The third-order valence-electron chi connectivity index (χ3n) is 4.17. The van der Waals surface area contributed by atoms with Crippen molar-refractivity contribution in [2.45, 2.75) is 64.7 Å². The van der Waals surface area contributed by atoms with Gasteiger partial charge in [0.25, 0.3) is 0 Å². The minimum absolute atomic E-state index is 0.532. The SMILES string of the molecule is CCCCCCCCCCc1c(C(=O)O)sc2ccccc12. The minimum Gasteiger partial charge on any atom is -0.477 e. The average molecular weight is 318 g/mol. The van der Waals surface area contributed by atoms with Crippen LogP contribution in [0.5, 0.6) is 0 Å². The average Bonchev–Trinajstić information content (AvgIpc) is 2.89. The van der Waals surface area contributed by atoms with Crippen LogP contribution >= 0.6 is 11.3 Å². The van der Waals surface area contributed by atoms with Crippen LogP contribution in [0, 0.1) is 0 Å². The first-order chi connectivity index (χ1) is 10.7. The van der Waals surface area contributed by atoms with Crippen LogP contribution in [0.25, 0.3) is 10.1 Å². The summed E-state index contributed by atoms with van der Waals surface area (Å²) >= 11 is 1.41. The van der Waals surface area contributed by atoms with Gasteiger partial charge in [-0.05, 0) is 29.9 Å². The molecule has 0 atom stereocenters. The molecule has 0 aliphatic carbocycles. The number of carboxylic acid groups (broad SMARTS) is 1. The van der Waals surface area contributed by atoms with Gasteiger partial charge in [-0.3, -0.25) is 0 Å². The van der Waals surface area contributed by atoms with E-state index in [1.165, 1.54) is 56.3 Å². The van der Waals surface area contributed by atoms with Gasteiger partial charge in [0.05, 0.1) is 0 Å². The maximum Gasteiger partial charge on any atom is 0.346 e. The van der Waals surface area contributed by atoms with Crippen molar-refractivity contribution < 1.29 is 9.90 Å². The van der Waals surface area contributed by atoms with E-state index in [-0.39, 0.29) is 0 Å². The maximum atomic E-state index is 11.4. The number of benzene rings is 1. The Bertz CT molecular complexity index is 601. The first kappa shape index (κ1) is 17.0. The van der Waals surface area contributed by atoms with Crippen molar-refractivity contribution in [1.82, 2.24) is 0 Å². The lowest BCUT2D eigenvalue weighted by atomic mass is 10.0. The molecular formula is C19H26O2S. The smallest absolute Gasteiger partial charge is 0.346 e. The van der Waals surface area contributed by atoms with E-state index in [2.05, 4.69) is 13.0 Å². The van der Waals surface area contributed by atoms with Crippen molar-refractivity contribution in [3.8, 4) is 0 Å². The fourth-order valence-corrected chi connectivity index (χ4v) is 4.05. The Balaban J connectivity index is 1.86. The maximum absolute atomic E-state index is 11.4. The first-order valence-corrected chi connectivity index (χ1v) is 9.29. The van der Waals surface area contributed by atoms with Gasteiger partial charge in [0.2, 0.25) is 0 Å². The van der Waals surface area contributed by atoms with Gasteiger partial charge in [0.15, 0.2) is 0 Å². The van der Waals surface area contributed by atoms with Gasteiger partial charge >= 0.3 is 5.97 Å². The van der Waals surface area contributed by atoms with Gasteiger partial charge in [-0.15, -0.1) is 11.3 Å². The molecule has 0 spiro atoms. The molecule has 2 rings (SSSR count). The Morgan fingerprint density at radius 3 is 2.32 bits per heavy atom. The molecule has 120 valence electrons. The molecule has 2 nitrogen and oxygen atoms in total. The molecule has 3 heteroatoms. The van der Waals surface area contributed by atoms with Crippen molar-refractivity contribution in [3.05, 3.63) is 34.7 Å². The molecular weight excluding hydrogens is 292 g/mol. The second kappa shape index (κ2) is 8.94. The quantitative estimate of drug-likeness (QED) is 0.523. The number of rotatable bonds is 10. The molecule has 0 aliphatic rings. The van der Waals surface area contributed by atoms with E-state index < -0.39 is 5.97 Å². The molecule has 0 fully saturated rings. The number of fused-ring (bicyclic) bond motifs is 1. The predicted octanol–water partition coefficient (Wildman–Crippen LogP) is 6.28. The van der Waals surface area contributed by atoms with Crippen LogP contribution in [0.3, 0.4) is 0 Å². The summed E-state index contributed by atoms with van der Waals surface area (Å²) in [6, 6.07) is 8.05. The standard InChI is InChI=1S/C19H26O2S/c1-2-3-4-5-6-7-8-9-13-16-15-12-10-11-14-17(15)22-18(16)19(20)21/h10-12,14H,2-9,13H2,1H3,(H,20,21). The van der Waals surface area contributed by atoms with Crippen molar-refractivity contribution >= 4 is 27.4 Å². The zero-order chi connectivity index (χ0) is 15.8. The summed E-state index contributed by atoms with van der Waals surface area (Å²) in [5.41, 5.74) is 1.04. The molecule has 0 saturated carbocycles. The summed E-state index contributed by atoms with van der Waals surface area (Å²) in [5, 5.41) is 10.5. The largest absolute Gasteiger partial charge is 0.477 e. The highest BCUT2D eigenvalue weighted by molar-refractivity contribution is 7.21. The van der Waals surface area contributed by atoms with Crippen LogP contribution in [-0.4, -0.2) is 11.1 Å². The molecule has 0 saturated heterocycles. The Kier molecular flexibility index (Phi) is 6.91. The highest BCUT2D eigenvalue weighted by Gasteiger charge is 2.16. The molecule has 0 amide bonds. The molecule has 22 heavy (non-hydrogen) atoms. The summed E-state index contributed by atoms with van der Waals surface area (Å²) in [5.74, 6) is -0.782. The van der Waals surface area contributed by atoms with Gasteiger partial charge in [0, 0.05) is 4.70 Å². The van der Waals surface area contributed by atoms with Crippen LogP contribution in [0.4, 0.5) is 0 Å². The molecule has 1 N–H and O–H groups in total. The van der Waals surface area contributed by atoms with E-state index in [0.29, 0.717) is 4.88 Å². The van der Waals surface area contributed by atoms with Crippen LogP contribution < -0.4 is 0 Å². The molecule has 0 unspecified atom stereocenters. The lowest BCUT2D eigenvalue weighted by molar-refractivity contribution is 0.0701. The normalized spacial score (nSPS) is 11.1. The van der Waals surface area contributed by atoms with Crippen LogP contribution in [0.2, 0.25) is 0 Å². The van der Waals surface area contributed by atoms with Gasteiger partial charge in [-0.25, -0.2) is 4.79 Å². The fraction of sp³-hybridized carbons (Fsp3) is 0.526. The van der Waals surface area contributed by atoms with Gasteiger partial charge in [-0.2, -0.15) is 0 Å². The molecule has 0 bridgehead atoms. The Hall–Kier alpha value is -1.35. The van der Waals surface area contributed by atoms with Crippen LogP contribution in [-0.2, 0) is 6.42 Å². The number of carboxylic acids is 1. The zero-order valence-electron chi connectivity index (χ0n) is 13.4. The van der Waals surface area contributed by atoms with E-state index in [1.54, 1.807) is 0 Å². The lowest BCUT2D eigenvalue weighted by Crippen LogP contribution is -1.98. The minimum atomic E-state index is -0.782. The zero-order valence-corrected chi connectivity index (χ0v) is 14.3. The summed E-state index contributed by atoms with van der Waals surface area (Å²) < 4.78 is 1.09. The second-order valence-corrected chi connectivity index (χ2v) is 6.99. The number of thiophene rings is 1. The molecule has 1 aromatic heterocycles. The van der Waals surface area contributed by atoms with Crippen LogP contribution in [0.15, 0.2) is 24.3 Å². The lowest BCUT2D eigenvalue weighted by Gasteiger charge is -2.03. The van der Waals surface area contributed by atoms with E-state index in [4.69, 9.17) is 0 Å². The van der Waals surface area contributed by atoms with Crippen molar-refractivity contribution in [2.75, 3.05) is 0 Å². The molecule has 1 aromatic carbocycles. The van der Waals surface area contributed by atoms with Gasteiger partial charge in [-0.1, -0.05) is 70.1 Å². The Morgan fingerprint density at radius 2 is 1.64 bits per heavy atom. The van der Waals surface area contributed by atoms with Gasteiger partial charge < -0.3 is 5.11 Å². The second-order valence-electron chi connectivity index (χ2n) is 5.94. The highest BCUT2D eigenvalue weighted by Crippen LogP contribution is 2.32. The molecule has 2 aromatic rings. The summed E-state index contributed by atoms with van der Waals surface area (Å²) in [7, 11) is 0. The Morgan fingerprint density at radius 1 is 1.00 bits per heavy atom. The molecule has 1 heterocycles. The van der Waals surface area contributed by atoms with E-state index in [9.17, 15) is 9.90 Å². The fourth-order valence-electron chi connectivity index (χ4n) is 2.96. The topological polar surface area (TPSA) is 37.3 Å². The van der Waals surface area contributed by atoms with E-state index in [0.717, 1.165) is 28.5 Å². The summed E-state index contributed by atoms with van der Waals surface area (Å²) in [6.45, 7) is 2.24. The molecule has 0 aliphatic heterocycles. The number of hydrogen-bond acceptors (Lipinski definition) is 2. The number of hydrogen-bond donors (Lipinski definition) is 1. The molecule has 0 radical (unpaired) electrons. The highest BCUT2D eigenvalue weighted by atomic mass is 32.1. The van der Waals surface area contributed by atoms with Crippen molar-refractivity contribution in [2.24, 2.45) is 0 Å². The number of unbranched alkanes of at least 4 members (excludes halogenated alkanes) is 7. The third-order valence-corrected chi connectivity index (χ3v) is 5.37. The number of aryl methyl sites for hydroxylation is 1. The number of aromatic carboxylic acids is 1. The predicted molar refractivity (Wildman–Crippen MR) is 95.1 cm³/mol. The van der Waals surface area contributed by atoms with Crippen molar-refractivity contribution in [1.29, 1.82) is 0 Å². The van der Waals surface area contributed by atoms with E-state index in [1.807, 2.05) is 18.2 Å². The third kappa shape index (κ3) is 4.57. The summed E-state index contributed by atoms with van der Waals surface area (Å²) in [6.07, 6.45) is 11.1.